The van der Waals surface area contributed by atoms with Crippen LogP contribution in [0, 0.1) is 3.57 Å². The summed E-state index contributed by atoms with van der Waals surface area (Å²) in [4.78, 5) is 22.8. The van der Waals surface area contributed by atoms with Crippen LogP contribution in [0.5, 0.6) is 5.75 Å². The third kappa shape index (κ3) is 6.42. The SMILES string of the molecule is CC[C@@H](C)NC(=O)NC(=O)COc1ccc(I)cc1. The fourth-order valence-electron chi connectivity index (χ4n) is 1.20. The van der Waals surface area contributed by atoms with Crippen molar-refractivity contribution in [3.63, 3.8) is 0 Å². The maximum Gasteiger partial charge on any atom is 0.321 e. The van der Waals surface area contributed by atoms with Crippen molar-refractivity contribution >= 4 is 34.5 Å². The second kappa shape index (κ2) is 7.98. The number of halogens is 1. The maximum absolute atomic E-state index is 11.5. The van der Waals surface area contributed by atoms with Crippen LogP contribution in [0.25, 0.3) is 0 Å². The van der Waals surface area contributed by atoms with E-state index in [4.69, 9.17) is 4.74 Å². The molecule has 1 rings (SSSR count). The zero-order valence-corrected chi connectivity index (χ0v) is 13.1. The molecule has 3 amide bonds. The van der Waals surface area contributed by atoms with E-state index in [9.17, 15) is 9.59 Å². The molecule has 0 spiro atoms. The number of carbonyl (C=O) groups is 2. The summed E-state index contributed by atoms with van der Waals surface area (Å²) in [7, 11) is 0. The summed E-state index contributed by atoms with van der Waals surface area (Å²) in [6, 6.07) is 6.84. The van der Waals surface area contributed by atoms with Gasteiger partial charge in [0.2, 0.25) is 0 Å². The third-order valence-electron chi connectivity index (χ3n) is 2.43. The molecule has 19 heavy (non-hydrogen) atoms. The molecule has 1 aromatic carbocycles. The molecule has 5 nitrogen and oxygen atoms in total. The van der Waals surface area contributed by atoms with E-state index in [2.05, 4.69) is 33.2 Å². The zero-order valence-electron chi connectivity index (χ0n) is 10.9. The van der Waals surface area contributed by atoms with Gasteiger partial charge in [-0.3, -0.25) is 10.1 Å². The van der Waals surface area contributed by atoms with Gasteiger partial charge in [0.15, 0.2) is 6.61 Å². The van der Waals surface area contributed by atoms with Crippen molar-refractivity contribution in [1.82, 2.24) is 10.6 Å². The molecular weight excluding hydrogens is 359 g/mol. The topological polar surface area (TPSA) is 67.4 Å². The van der Waals surface area contributed by atoms with E-state index < -0.39 is 11.9 Å². The lowest BCUT2D eigenvalue weighted by Gasteiger charge is -2.12. The lowest BCUT2D eigenvalue weighted by atomic mass is 10.3. The number of carbonyl (C=O) groups excluding carboxylic acids is 2. The summed E-state index contributed by atoms with van der Waals surface area (Å²) >= 11 is 2.18. The number of imide groups is 1. The van der Waals surface area contributed by atoms with E-state index in [1.54, 1.807) is 12.1 Å². The summed E-state index contributed by atoms with van der Waals surface area (Å²) in [6.45, 7) is 3.63. The molecule has 0 fully saturated rings. The fraction of sp³-hybridized carbons (Fsp3) is 0.385. The maximum atomic E-state index is 11.5. The van der Waals surface area contributed by atoms with Gasteiger partial charge in [-0.15, -0.1) is 0 Å². The summed E-state index contributed by atoms with van der Waals surface area (Å²) in [6.07, 6.45) is 0.806. The largest absolute Gasteiger partial charge is 0.484 e. The van der Waals surface area contributed by atoms with Gasteiger partial charge in [0, 0.05) is 9.61 Å². The minimum atomic E-state index is -0.495. The van der Waals surface area contributed by atoms with Crippen LogP contribution in [0.15, 0.2) is 24.3 Å². The van der Waals surface area contributed by atoms with Crippen LogP contribution in [0.2, 0.25) is 0 Å². The standard InChI is InChI=1S/C13H17IN2O3/c1-3-9(2)15-13(18)16-12(17)8-19-11-6-4-10(14)5-7-11/h4-7,9H,3,8H2,1-2H3,(H2,15,16,17,18)/t9-/m1/s1. The van der Waals surface area contributed by atoms with Crippen LogP contribution >= 0.6 is 22.6 Å². The van der Waals surface area contributed by atoms with Gasteiger partial charge in [0.1, 0.15) is 5.75 Å². The predicted octanol–water partition coefficient (Wildman–Crippen LogP) is 2.29. The van der Waals surface area contributed by atoms with Crippen molar-refractivity contribution in [2.75, 3.05) is 6.61 Å². The molecule has 0 aliphatic carbocycles. The minimum Gasteiger partial charge on any atom is -0.484 e. The molecule has 6 heteroatoms. The molecule has 0 bridgehead atoms. The average molecular weight is 376 g/mol. The molecule has 1 atom stereocenters. The second-order valence-corrected chi connectivity index (χ2v) is 5.32. The fourth-order valence-corrected chi connectivity index (χ4v) is 1.56. The van der Waals surface area contributed by atoms with Crippen molar-refractivity contribution in [2.45, 2.75) is 26.3 Å². The van der Waals surface area contributed by atoms with E-state index in [1.807, 2.05) is 26.0 Å². The first-order valence-electron chi connectivity index (χ1n) is 6.00. The Morgan fingerprint density at radius 1 is 1.32 bits per heavy atom. The first-order valence-corrected chi connectivity index (χ1v) is 7.08. The van der Waals surface area contributed by atoms with E-state index in [0.717, 1.165) is 9.99 Å². The minimum absolute atomic E-state index is 0.0323. The van der Waals surface area contributed by atoms with Gasteiger partial charge in [0.25, 0.3) is 5.91 Å². The van der Waals surface area contributed by atoms with Crippen LogP contribution < -0.4 is 15.4 Å². The van der Waals surface area contributed by atoms with Crippen molar-refractivity contribution in [1.29, 1.82) is 0 Å². The van der Waals surface area contributed by atoms with Gasteiger partial charge in [-0.2, -0.15) is 0 Å². The Kier molecular flexibility index (Phi) is 6.61. The molecular formula is C13H17IN2O3. The summed E-state index contributed by atoms with van der Waals surface area (Å²) in [5, 5.41) is 4.85. The molecule has 0 saturated heterocycles. The number of benzene rings is 1. The number of ether oxygens (including phenoxy) is 1. The highest BCUT2D eigenvalue weighted by Crippen LogP contribution is 2.13. The van der Waals surface area contributed by atoms with Crippen molar-refractivity contribution in [2.24, 2.45) is 0 Å². The van der Waals surface area contributed by atoms with Crippen LogP contribution in [0.3, 0.4) is 0 Å². The molecule has 1 aromatic rings. The highest BCUT2D eigenvalue weighted by molar-refractivity contribution is 14.1. The molecule has 0 saturated carbocycles. The summed E-state index contributed by atoms with van der Waals surface area (Å²) < 4.78 is 6.35. The number of urea groups is 1. The molecule has 0 heterocycles. The van der Waals surface area contributed by atoms with Crippen molar-refractivity contribution in [3.8, 4) is 5.75 Å². The summed E-state index contributed by atoms with van der Waals surface area (Å²) in [5.74, 6) is 0.122. The average Bonchev–Trinajstić information content (AvgIpc) is 2.37. The van der Waals surface area contributed by atoms with E-state index in [-0.39, 0.29) is 12.6 Å². The smallest absolute Gasteiger partial charge is 0.321 e. The monoisotopic (exact) mass is 376 g/mol. The molecule has 0 radical (unpaired) electrons. The number of hydrogen-bond donors (Lipinski definition) is 2. The third-order valence-corrected chi connectivity index (χ3v) is 3.15. The van der Waals surface area contributed by atoms with E-state index in [0.29, 0.717) is 5.75 Å². The highest BCUT2D eigenvalue weighted by atomic mass is 127. The van der Waals surface area contributed by atoms with Gasteiger partial charge in [0.05, 0.1) is 0 Å². The number of nitrogens with one attached hydrogen (secondary N) is 2. The first-order chi connectivity index (χ1) is 9.01. The van der Waals surface area contributed by atoms with Gasteiger partial charge in [-0.25, -0.2) is 4.79 Å². The lowest BCUT2D eigenvalue weighted by molar-refractivity contribution is -0.122. The Bertz CT molecular complexity index is 434. The van der Waals surface area contributed by atoms with Gasteiger partial charge in [-0.05, 0) is 60.2 Å². The van der Waals surface area contributed by atoms with Crippen molar-refractivity contribution < 1.29 is 14.3 Å². The zero-order chi connectivity index (χ0) is 14.3. The van der Waals surface area contributed by atoms with Crippen LogP contribution in [0.1, 0.15) is 20.3 Å². The van der Waals surface area contributed by atoms with Crippen LogP contribution in [-0.4, -0.2) is 24.6 Å². The molecule has 0 aliphatic heterocycles. The molecule has 2 N–H and O–H groups in total. The Hall–Kier alpha value is -1.31. The Morgan fingerprint density at radius 2 is 1.95 bits per heavy atom. The Labute approximate surface area is 126 Å². The Balaban J connectivity index is 2.31. The van der Waals surface area contributed by atoms with E-state index in [1.165, 1.54) is 0 Å². The number of rotatable bonds is 5. The predicted molar refractivity (Wildman–Crippen MR) is 81.1 cm³/mol. The molecule has 0 aromatic heterocycles. The molecule has 0 aliphatic rings. The Morgan fingerprint density at radius 3 is 2.53 bits per heavy atom. The van der Waals surface area contributed by atoms with Gasteiger partial charge < -0.3 is 10.1 Å². The first kappa shape index (κ1) is 15.7. The lowest BCUT2D eigenvalue weighted by Crippen LogP contribution is -2.44. The quantitative estimate of drug-likeness (QED) is 0.775. The second-order valence-electron chi connectivity index (χ2n) is 4.07. The van der Waals surface area contributed by atoms with E-state index >= 15 is 0 Å². The van der Waals surface area contributed by atoms with Gasteiger partial charge in [-0.1, -0.05) is 6.92 Å². The van der Waals surface area contributed by atoms with Crippen molar-refractivity contribution in [3.05, 3.63) is 27.8 Å². The van der Waals surface area contributed by atoms with Gasteiger partial charge >= 0.3 is 6.03 Å². The summed E-state index contributed by atoms with van der Waals surface area (Å²) in [5.41, 5.74) is 0. The highest BCUT2D eigenvalue weighted by Gasteiger charge is 2.10. The number of amides is 3. The number of hydrogen-bond acceptors (Lipinski definition) is 3. The van der Waals surface area contributed by atoms with Crippen LogP contribution in [0.4, 0.5) is 4.79 Å². The molecule has 0 unspecified atom stereocenters. The normalized spacial score (nSPS) is 11.5. The van der Waals surface area contributed by atoms with Crippen LogP contribution in [-0.2, 0) is 4.79 Å². The molecule has 104 valence electrons.